The van der Waals surface area contributed by atoms with E-state index in [2.05, 4.69) is 11.7 Å². The van der Waals surface area contributed by atoms with Crippen LogP contribution < -0.4 is 4.74 Å². The first-order chi connectivity index (χ1) is 17.1. The third-order valence-corrected chi connectivity index (χ3v) is 8.10. The molecule has 0 spiro atoms. The molecule has 36 heavy (non-hydrogen) atoms. The summed E-state index contributed by atoms with van der Waals surface area (Å²) in [6, 6.07) is 2.30. The van der Waals surface area contributed by atoms with E-state index in [9.17, 15) is 30.7 Å². The summed E-state index contributed by atoms with van der Waals surface area (Å²) in [5.74, 6) is -7.75. The van der Waals surface area contributed by atoms with Crippen LogP contribution in [0.3, 0.4) is 0 Å². The first kappa shape index (κ1) is 26.8. The summed E-state index contributed by atoms with van der Waals surface area (Å²) in [7, 11) is 0. The number of halogens is 7. The second-order valence-corrected chi connectivity index (χ2v) is 10.3. The van der Waals surface area contributed by atoms with Gasteiger partial charge in [-0.3, -0.25) is 0 Å². The molecule has 2 aromatic rings. The molecule has 0 bridgehead atoms. The van der Waals surface area contributed by atoms with Gasteiger partial charge in [-0.25, -0.2) is 22.0 Å². The molecule has 2 saturated carbocycles. The average molecular weight is 517 g/mol. The van der Waals surface area contributed by atoms with Crippen LogP contribution in [0.15, 0.2) is 24.3 Å². The van der Waals surface area contributed by atoms with Crippen LogP contribution in [0.2, 0.25) is 0 Å². The molecule has 2 aromatic carbocycles. The zero-order valence-electron chi connectivity index (χ0n) is 20.2. The van der Waals surface area contributed by atoms with Crippen molar-refractivity contribution in [1.29, 1.82) is 0 Å². The molecule has 198 valence electrons. The van der Waals surface area contributed by atoms with Gasteiger partial charge < -0.3 is 4.74 Å². The normalized spacial score (nSPS) is 25.1. The number of benzene rings is 2. The standard InChI is InChI=1S/C28H31F7O/c1-2-3-16-4-6-17(7-5-16)18-8-10-19(11-9-18)21-12-13-22(26(32)25(21)31)28(34,35)36-20-14-23(29)27(33)24(30)15-20/h12-19H,2-11H2,1H3. The minimum Gasteiger partial charge on any atom is -0.429 e. The van der Waals surface area contributed by atoms with Crippen molar-refractivity contribution in [2.45, 2.75) is 83.2 Å². The third-order valence-electron chi connectivity index (χ3n) is 8.10. The van der Waals surface area contributed by atoms with Gasteiger partial charge in [0.25, 0.3) is 0 Å². The Kier molecular flexibility index (Phi) is 8.20. The zero-order chi connectivity index (χ0) is 26.0. The second-order valence-electron chi connectivity index (χ2n) is 10.3. The summed E-state index contributed by atoms with van der Waals surface area (Å²) in [5, 5.41) is 0. The van der Waals surface area contributed by atoms with Crippen molar-refractivity contribution >= 4 is 0 Å². The van der Waals surface area contributed by atoms with Crippen LogP contribution in [0.4, 0.5) is 30.7 Å². The molecule has 0 unspecified atom stereocenters. The maximum Gasteiger partial charge on any atom is 0.429 e. The monoisotopic (exact) mass is 516 g/mol. The average Bonchev–Trinajstić information content (AvgIpc) is 2.84. The fourth-order valence-electron chi connectivity index (χ4n) is 6.16. The minimum atomic E-state index is -4.44. The van der Waals surface area contributed by atoms with E-state index in [1.165, 1.54) is 38.5 Å². The Morgan fingerprint density at radius 1 is 0.750 bits per heavy atom. The molecule has 1 nitrogen and oxygen atoms in total. The predicted octanol–water partition coefficient (Wildman–Crippen LogP) is 9.39. The molecule has 0 saturated heterocycles. The first-order valence-corrected chi connectivity index (χ1v) is 12.8. The largest absolute Gasteiger partial charge is 0.429 e. The molecule has 0 aromatic heterocycles. The summed E-state index contributed by atoms with van der Waals surface area (Å²) >= 11 is 0. The minimum absolute atomic E-state index is 0.0519. The lowest BCUT2D eigenvalue weighted by Gasteiger charge is -2.38. The van der Waals surface area contributed by atoms with E-state index in [4.69, 9.17) is 0 Å². The van der Waals surface area contributed by atoms with E-state index < -0.39 is 46.5 Å². The van der Waals surface area contributed by atoms with Crippen LogP contribution in [-0.4, -0.2) is 0 Å². The number of hydrogen-bond donors (Lipinski definition) is 0. The highest BCUT2D eigenvalue weighted by molar-refractivity contribution is 5.33. The maximum absolute atomic E-state index is 14.9. The van der Waals surface area contributed by atoms with Crippen molar-refractivity contribution in [2.24, 2.45) is 17.8 Å². The van der Waals surface area contributed by atoms with Gasteiger partial charge in [0.05, 0.1) is 0 Å². The van der Waals surface area contributed by atoms with Gasteiger partial charge in [0.2, 0.25) is 0 Å². The fraction of sp³-hybridized carbons (Fsp3) is 0.571. The smallest absolute Gasteiger partial charge is 0.429 e. The molecule has 0 atom stereocenters. The third kappa shape index (κ3) is 5.67. The Balaban J connectivity index is 1.42. The van der Waals surface area contributed by atoms with Gasteiger partial charge in [0, 0.05) is 12.1 Å². The van der Waals surface area contributed by atoms with Crippen molar-refractivity contribution in [2.75, 3.05) is 0 Å². The predicted molar refractivity (Wildman–Crippen MR) is 122 cm³/mol. The van der Waals surface area contributed by atoms with Gasteiger partial charge in [0.15, 0.2) is 29.1 Å². The number of alkyl halides is 2. The SMILES string of the molecule is CCCC1CCC(C2CCC(c3ccc(C(F)(F)Oc4cc(F)c(F)c(F)c4)c(F)c3F)CC2)CC1. The van der Waals surface area contributed by atoms with Crippen molar-refractivity contribution in [3.8, 4) is 5.75 Å². The van der Waals surface area contributed by atoms with Crippen molar-refractivity contribution in [1.82, 2.24) is 0 Å². The van der Waals surface area contributed by atoms with E-state index in [1.54, 1.807) is 0 Å². The van der Waals surface area contributed by atoms with Crippen molar-refractivity contribution in [3.63, 3.8) is 0 Å². The highest BCUT2D eigenvalue weighted by Gasteiger charge is 2.41. The topological polar surface area (TPSA) is 9.23 Å². The lowest BCUT2D eigenvalue weighted by Crippen LogP contribution is -2.26. The molecule has 8 heteroatoms. The summed E-state index contributed by atoms with van der Waals surface area (Å²) in [6.07, 6.45) is 6.13. The van der Waals surface area contributed by atoms with Gasteiger partial charge in [-0.1, -0.05) is 38.7 Å². The van der Waals surface area contributed by atoms with Crippen molar-refractivity contribution < 1.29 is 35.5 Å². The Morgan fingerprint density at radius 3 is 1.86 bits per heavy atom. The lowest BCUT2D eigenvalue weighted by molar-refractivity contribution is -0.188. The van der Waals surface area contributed by atoms with Crippen LogP contribution in [0.5, 0.6) is 5.75 Å². The molecule has 2 fully saturated rings. The van der Waals surface area contributed by atoms with Crippen LogP contribution in [0.25, 0.3) is 0 Å². The molecule has 0 heterocycles. The van der Waals surface area contributed by atoms with Crippen LogP contribution >= 0.6 is 0 Å². The van der Waals surface area contributed by atoms with Crippen LogP contribution in [0, 0.1) is 46.8 Å². The van der Waals surface area contributed by atoms with Gasteiger partial charge in [0.1, 0.15) is 11.3 Å². The number of ether oxygens (including phenoxy) is 1. The highest BCUT2D eigenvalue weighted by Crippen LogP contribution is 2.46. The zero-order valence-corrected chi connectivity index (χ0v) is 20.2. The summed E-state index contributed by atoms with van der Waals surface area (Å²) < 4.78 is 103. The van der Waals surface area contributed by atoms with E-state index in [1.807, 2.05) is 0 Å². The molecular formula is C28H31F7O. The highest BCUT2D eigenvalue weighted by atomic mass is 19.3. The van der Waals surface area contributed by atoms with E-state index in [-0.39, 0.29) is 23.6 Å². The first-order valence-electron chi connectivity index (χ1n) is 12.8. The van der Waals surface area contributed by atoms with E-state index in [0.29, 0.717) is 24.7 Å². The molecule has 0 aliphatic heterocycles. The maximum atomic E-state index is 14.9. The Bertz CT molecular complexity index is 1030. The second kappa shape index (κ2) is 11.0. The summed E-state index contributed by atoms with van der Waals surface area (Å²) in [4.78, 5) is 0. The van der Waals surface area contributed by atoms with Crippen LogP contribution in [0.1, 0.15) is 88.2 Å². The van der Waals surface area contributed by atoms with Gasteiger partial charge in [-0.05, 0) is 73.8 Å². The van der Waals surface area contributed by atoms with E-state index >= 15 is 0 Å². The lowest BCUT2D eigenvalue weighted by atomic mass is 9.68. The quantitative estimate of drug-likeness (QED) is 0.263. The molecule has 0 radical (unpaired) electrons. The molecular weight excluding hydrogens is 485 g/mol. The molecule has 0 amide bonds. The molecule has 4 rings (SSSR count). The van der Waals surface area contributed by atoms with Gasteiger partial charge in [-0.2, -0.15) is 8.78 Å². The van der Waals surface area contributed by atoms with Gasteiger partial charge >= 0.3 is 6.11 Å². The summed E-state index contributed by atoms with van der Waals surface area (Å²) in [5.41, 5.74) is -1.34. The van der Waals surface area contributed by atoms with Gasteiger partial charge in [-0.15, -0.1) is 0 Å². The summed E-state index contributed by atoms with van der Waals surface area (Å²) in [6.45, 7) is 2.21. The Morgan fingerprint density at radius 2 is 1.31 bits per heavy atom. The molecule has 2 aliphatic rings. The Hall–Kier alpha value is -2.25. The number of rotatable bonds is 7. The molecule has 2 aliphatic carbocycles. The molecule has 0 N–H and O–H groups in total. The Labute approximate surface area is 207 Å². The van der Waals surface area contributed by atoms with Crippen molar-refractivity contribution in [3.05, 3.63) is 64.5 Å². The number of hydrogen-bond acceptors (Lipinski definition) is 1. The fourth-order valence-corrected chi connectivity index (χ4v) is 6.16. The van der Waals surface area contributed by atoms with Crippen LogP contribution in [-0.2, 0) is 6.11 Å². The van der Waals surface area contributed by atoms with E-state index in [0.717, 1.165) is 30.9 Å².